The van der Waals surface area contributed by atoms with Crippen LogP contribution in [0.1, 0.15) is 74.5 Å². The van der Waals surface area contributed by atoms with Crippen LogP contribution in [0.2, 0.25) is 0 Å². The van der Waals surface area contributed by atoms with E-state index in [0.717, 1.165) is 17.9 Å². The van der Waals surface area contributed by atoms with Crippen LogP contribution >= 0.6 is 0 Å². The van der Waals surface area contributed by atoms with E-state index in [1.54, 1.807) is 0 Å². The molecule has 0 bridgehead atoms. The summed E-state index contributed by atoms with van der Waals surface area (Å²) in [5.41, 5.74) is 6.63. The van der Waals surface area contributed by atoms with Crippen molar-refractivity contribution in [3.63, 3.8) is 0 Å². The number of ketones is 1. The SMILES string of the molecule is Cc1cccc(CC(=O)CCC2=CC=C(c3ccccc3)C2CCC2CCCCC2)c1. The standard InChI is InChI=1S/C30H36O/c1-23-9-8-12-25(21-23)22-28(31)18-16-27-17-20-30(26-13-6-3-7-14-26)29(27)19-15-24-10-4-2-5-11-24/h3,6-9,12-14,17,20-21,24,29H,2,4-5,10-11,15-16,18-19,22H2,1H3. The maximum atomic E-state index is 12.7. The average molecular weight is 413 g/mol. The maximum absolute atomic E-state index is 12.7. The number of hydrogen-bond acceptors (Lipinski definition) is 1. The van der Waals surface area contributed by atoms with Crippen molar-refractivity contribution in [3.05, 3.63) is 89.0 Å². The van der Waals surface area contributed by atoms with Gasteiger partial charge in [0.1, 0.15) is 5.78 Å². The number of benzene rings is 2. The van der Waals surface area contributed by atoms with Crippen LogP contribution in [0.4, 0.5) is 0 Å². The molecule has 1 heteroatoms. The fourth-order valence-corrected chi connectivity index (χ4v) is 5.46. The summed E-state index contributed by atoms with van der Waals surface area (Å²) in [7, 11) is 0. The summed E-state index contributed by atoms with van der Waals surface area (Å²) in [6.45, 7) is 2.09. The minimum atomic E-state index is 0.352. The van der Waals surface area contributed by atoms with E-state index in [1.807, 2.05) is 0 Å². The van der Waals surface area contributed by atoms with Gasteiger partial charge in [-0.2, -0.15) is 0 Å². The van der Waals surface area contributed by atoms with Crippen molar-refractivity contribution in [2.75, 3.05) is 0 Å². The Morgan fingerprint density at radius 2 is 1.71 bits per heavy atom. The molecular weight excluding hydrogens is 376 g/mol. The van der Waals surface area contributed by atoms with E-state index in [4.69, 9.17) is 0 Å². The van der Waals surface area contributed by atoms with Crippen LogP contribution < -0.4 is 0 Å². The third-order valence-electron chi connectivity index (χ3n) is 7.17. The van der Waals surface area contributed by atoms with Crippen LogP contribution in [-0.2, 0) is 11.2 Å². The lowest BCUT2D eigenvalue weighted by Gasteiger charge is -2.25. The largest absolute Gasteiger partial charge is 0.299 e. The van der Waals surface area contributed by atoms with Gasteiger partial charge in [0.25, 0.3) is 0 Å². The van der Waals surface area contributed by atoms with Crippen molar-refractivity contribution in [1.29, 1.82) is 0 Å². The molecule has 162 valence electrons. The normalized spacial score (nSPS) is 19.2. The predicted octanol–water partition coefficient (Wildman–Crippen LogP) is 7.89. The Bertz CT molecular complexity index is 928. The average Bonchev–Trinajstić information content (AvgIpc) is 3.20. The summed E-state index contributed by atoms with van der Waals surface area (Å²) in [6.07, 6.45) is 16.3. The molecule has 0 aliphatic heterocycles. The molecule has 1 nitrogen and oxygen atoms in total. The van der Waals surface area contributed by atoms with Crippen molar-refractivity contribution < 1.29 is 4.79 Å². The van der Waals surface area contributed by atoms with Gasteiger partial charge in [0.15, 0.2) is 0 Å². The smallest absolute Gasteiger partial charge is 0.137 e. The molecule has 2 aromatic rings. The molecule has 0 saturated heterocycles. The Balaban J connectivity index is 1.38. The van der Waals surface area contributed by atoms with Crippen molar-refractivity contribution in [2.24, 2.45) is 11.8 Å². The molecule has 0 amide bonds. The zero-order valence-corrected chi connectivity index (χ0v) is 19.0. The molecule has 2 aliphatic carbocycles. The number of carbonyl (C=O) groups excluding carboxylic acids is 1. The second-order valence-corrected chi connectivity index (χ2v) is 9.57. The molecule has 0 spiro atoms. The lowest BCUT2D eigenvalue weighted by Crippen LogP contribution is -2.12. The van der Waals surface area contributed by atoms with E-state index in [9.17, 15) is 4.79 Å². The first-order chi connectivity index (χ1) is 15.2. The topological polar surface area (TPSA) is 17.1 Å². The van der Waals surface area contributed by atoms with Crippen LogP contribution in [0.25, 0.3) is 5.57 Å². The molecule has 1 atom stereocenters. The molecule has 1 unspecified atom stereocenters. The first-order valence-electron chi connectivity index (χ1n) is 12.2. The van der Waals surface area contributed by atoms with Crippen LogP contribution in [0.15, 0.2) is 72.3 Å². The van der Waals surface area contributed by atoms with Gasteiger partial charge >= 0.3 is 0 Å². The second kappa shape index (κ2) is 10.8. The first kappa shape index (κ1) is 21.8. The Kier molecular flexibility index (Phi) is 7.57. The summed E-state index contributed by atoms with van der Waals surface area (Å²) in [6, 6.07) is 19.2. The van der Waals surface area contributed by atoms with Crippen LogP contribution in [0, 0.1) is 18.8 Å². The summed E-state index contributed by atoms with van der Waals surface area (Å²) in [5, 5.41) is 0. The van der Waals surface area contributed by atoms with Gasteiger partial charge in [-0.05, 0) is 48.8 Å². The van der Waals surface area contributed by atoms with Gasteiger partial charge in [0.05, 0.1) is 0 Å². The highest BCUT2D eigenvalue weighted by atomic mass is 16.1. The highest BCUT2D eigenvalue weighted by molar-refractivity contribution is 5.81. The molecule has 1 saturated carbocycles. The number of aryl methyl sites for hydroxylation is 1. The molecule has 0 aromatic heterocycles. The fraction of sp³-hybridized carbons (Fsp3) is 0.433. The van der Waals surface area contributed by atoms with Crippen LogP contribution in [0.5, 0.6) is 0 Å². The molecule has 0 N–H and O–H groups in total. The summed E-state index contributed by atoms with van der Waals surface area (Å²) < 4.78 is 0. The first-order valence-corrected chi connectivity index (χ1v) is 12.2. The van der Waals surface area contributed by atoms with Gasteiger partial charge in [-0.3, -0.25) is 4.79 Å². The van der Waals surface area contributed by atoms with Crippen molar-refractivity contribution in [1.82, 2.24) is 0 Å². The number of carbonyl (C=O) groups is 1. The summed E-state index contributed by atoms with van der Waals surface area (Å²) in [4.78, 5) is 12.7. The van der Waals surface area contributed by atoms with Crippen molar-refractivity contribution >= 4 is 11.4 Å². The fourth-order valence-electron chi connectivity index (χ4n) is 5.46. The quantitative estimate of drug-likeness (QED) is 0.409. The Labute approximate surface area is 188 Å². The molecule has 4 rings (SSSR count). The monoisotopic (exact) mass is 412 g/mol. The minimum absolute atomic E-state index is 0.352. The molecule has 0 radical (unpaired) electrons. The van der Waals surface area contributed by atoms with Crippen molar-refractivity contribution in [3.8, 4) is 0 Å². The highest BCUT2D eigenvalue weighted by Crippen LogP contribution is 2.41. The number of Topliss-reactive ketones (excluding diaryl/α,β-unsaturated/α-hetero) is 1. The van der Waals surface area contributed by atoms with Gasteiger partial charge in [-0.25, -0.2) is 0 Å². The van der Waals surface area contributed by atoms with E-state index >= 15 is 0 Å². The molecule has 31 heavy (non-hydrogen) atoms. The number of allylic oxidation sites excluding steroid dienone is 4. The molecule has 1 fully saturated rings. The Morgan fingerprint density at radius 3 is 2.48 bits per heavy atom. The van der Waals surface area contributed by atoms with Gasteiger partial charge in [0, 0.05) is 18.8 Å². The zero-order chi connectivity index (χ0) is 21.5. The molecule has 2 aromatic carbocycles. The maximum Gasteiger partial charge on any atom is 0.137 e. The number of hydrogen-bond donors (Lipinski definition) is 0. The van der Waals surface area contributed by atoms with E-state index in [1.165, 1.54) is 67.2 Å². The van der Waals surface area contributed by atoms with E-state index in [-0.39, 0.29) is 0 Å². The predicted molar refractivity (Wildman–Crippen MR) is 131 cm³/mol. The summed E-state index contributed by atoms with van der Waals surface area (Å²) in [5.74, 6) is 1.73. The van der Waals surface area contributed by atoms with Crippen molar-refractivity contribution in [2.45, 2.75) is 71.1 Å². The third-order valence-corrected chi connectivity index (χ3v) is 7.17. The third kappa shape index (κ3) is 6.06. The summed E-state index contributed by atoms with van der Waals surface area (Å²) >= 11 is 0. The van der Waals surface area contributed by atoms with E-state index in [0.29, 0.717) is 24.5 Å². The highest BCUT2D eigenvalue weighted by Gasteiger charge is 2.26. The lowest BCUT2D eigenvalue weighted by atomic mass is 9.79. The lowest BCUT2D eigenvalue weighted by molar-refractivity contribution is -0.118. The molecule has 0 heterocycles. The van der Waals surface area contributed by atoms with Gasteiger partial charge in [-0.1, -0.05) is 110 Å². The van der Waals surface area contributed by atoms with E-state index < -0.39 is 0 Å². The molecular formula is C30H36O. The van der Waals surface area contributed by atoms with Crippen LogP contribution in [0.3, 0.4) is 0 Å². The zero-order valence-electron chi connectivity index (χ0n) is 19.0. The van der Waals surface area contributed by atoms with Crippen LogP contribution in [-0.4, -0.2) is 5.78 Å². The Hall–Kier alpha value is -2.41. The number of rotatable bonds is 9. The minimum Gasteiger partial charge on any atom is -0.299 e. The van der Waals surface area contributed by atoms with Gasteiger partial charge in [-0.15, -0.1) is 0 Å². The van der Waals surface area contributed by atoms with E-state index in [2.05, 4.69) is 73.7 Å². The Morgan fingerprint density at radius 1 is 0.903 bits per heavy atom. The van der Waals surface area contributed by atoms with Gasteiger partial charge in [0.2, 0.25) is 0 Å². The van der Waals surface area contributed by atoms with Gasteiger partial charge < -0.3 is 0 Å². The second-order valence-electron chi connectivity index (χ2n) is 9.57. The molecule has 2 aliphatic rings.